The number of aliphatic hydroxyl groups excluding tert-OH is 1. The molecule has 2 N–H and O–H groups in total. The lowest BCUT2D eigenvalue weighted by molar-refractivity contribution is 0.482. The molecule has 0 saturated heterocycles. The van der Waals surface area contributed by atoms with Gasteiger partial charge in [0.15, 0.2) is 0 Å². The van der Waals surface area contributed by atoms with Gasteiger partial charge in [0.05, 0.1) is 28.6 Å². The molecule has 2 aromatic carbocycles. The predicted molar refractivity (Wildman–Crippen MR) is 201 cm³/mol. The highest BCUT2D eigenvalue weighted by Gasteiger charge is 2.32. The van der Waals surface area contributed by atoms with Crippen LogP contribution < -0.4 is 10.4 Å². The SMILES string of the molecule is Cc1ccc(C2=C3C=CC(=N3)C(=c3ccc(=C(O)CC[Si](C)(C)C)cc3)c3ccc([nH]3)C=C3CC(C)(C)C(=N3)C=C3C=CC2=N3)cc1. The molecule has 0 fully saturated rings. The van der Waals surface area contributed by atoms with E-state index in [2.05, 4.69) is 130 Å². The molecule has 236 valence electrons. The van der Waals surface area contributed by atoms with Crippen LogP contribution in [0.4, 0.5) is 0 Å². The zero-order valence-corrected chi connectivity index (χ0v) is 29.1. The number of benzene rings is 2. The van der Waals surface area contributed by atoms with Crippen molar-refractivity contribution in [3.8, 4) is 0 Å². The molecule has 5 heterocycles. The van der Waals surface area contributed by atoms with Crippen LogP contribution >= 0.6 is 0 Å². The number of hydrogen-bond donors (Lipinski definition) is 2. The molecule has 4 aliphatic heterocycles. The molecule has 0 unspecified atom stereocenters. The van der Waals surface area contributed by atoms with E-state index < -0.39 is 8.07 Å². The second-order valence-electron chi connectivity index (χ2n) is 14.8. The van der Waals surface area contributed by atoms with Crippen molar-refractivity contribution in [1.82, 2.24) is 4.98 Å². The van der Waals surface area contributed by atoms with Crippen LogP contribution in [0.25, 0.3) is 23.0 Å². The standard InChI is InChI=1S/C41H42N4OSi/c1-26-7-9-28(10-8-26)39-34-18-16-31(43-34)24-38-41(2,3)25-32(44-38)23-30-15-17-33(42-30)40(36-20-19-35(39)45-36)29-13-11-27(12-14-29)37(46)21-22-47(4,5)6/h7-20,23-24,42,46H,21-22,25H2,1-6H3. The van der Waals surface area contributed by atoms with Crippen LogP contribution in [0.3, 0.4) is 0 Å². The number of hydrogen-bond acceptors (Lipinski definition) is 4. The van der Waals surface area contributed by atoms with Crippen molar-refractivity contribution in [3.63, 3.8) is 0 Å². The first-order chi connectivity index (χ1) is 22.4. The molecular formula is C41H42N4OSi. The Bertz CT molecular complexity index is 2150. The lowest BCUT2D eigenvalue weighted by Crippen LogP contribution is -2.20. The molecule has 8 bridgehead atoms. The second-order valence-corrected chi connectivity index (χ2v) is 20.5. The van der Waals surface area contributed by atoms with E-state index in [1.165, 1.54) is 5.56 Å². The number of H-pyrrole nitrogens is 1. The second kappa shape index (κ2) is 11.8. The first-order valence-corrected chi connectivity index (χ1v) is 20.2. The Balaban J connectivity index is 1.45. The third-order valence-electron chi connectivity index (χ3n) is 9.19. The molecule has 0 spiro atoms. The zero-order chi connectivity index (χ0) is 32.9. The number of rotatable bonds is 4. The molecule has 6 heteroatoms. The third-order valence-corrected chi connectivity index (χ3v) is 10.9. The highest BCUT2D eigenvalue weighted by molar-refractivity contribution is 6.76. The molecule has 1 aromatic heterocycles. The van der Waals surface area contributed by atoms with Crippen LogP contribution in [-0.4, -0.2) is 35.3 Å². The van der Waals surface area contributed by atoms with Gasteiger partial charge in [0.1, 0.15) is 0 Å². The molecule has 0 aliphatic carbocycles. The van der Waals surface area contributed by atoms with Gasteiger partial charge in [0.25, 0.3) is 0 Å². The number of aromatic amines is 1. The van der Waals surface area contributed by atoms with Crippen molar-refractivity contribution in [2.24, 2.45) is 20.4 Å². The van der Waals surface area contributed by atoms with Crippen molar-refractivity contribution >= 4 is 48.2 Å². The molecule has 4 aliphatic rings. The molecule has 0 saturated carbocycles. The predicted octanol–water partition coefficient (Wildman–Crippen LogP) is 8.46. The van der Waals surface area contributed by atoms with Crippen molar-refractivity contribution in [2.75, 3.05) is 0 Å². The summed E-state index contributed by atoms with van der Waals surface area (Å²) in [5.41, 5.74) is 11.8. The van der Waals surface area contributed by atoms with E-state index >= 15 is 0 Å². The summed E-state index contributed by atoms with van der Waals surface area (Å²) in [6, 6.07) is 22.2. The summed E-state index contributed by atoms with van der Waals surface area (Å²) in [6.07, 6.45) is 14.2. The van der Waals surface area contributed by atoms with Gasteiger partial charge >= 0.3 is 0 Å². The summed E-state index contributed by atoms with van der Waals surface area (Å²) in [4.78, 5) is 19.2. The Morgan fingerprint density at radius 2 is 1.53 bits per heavy atom. The molecule has 0 atom stereocenters. The van der Waals surface area contributed by atoms with Crippen molar-refractivity contribution in [3.05, 3.63) is 141 Å². The molecule has 0 radical (unpaired) electrons. The fourth-order valence-corrected chi connectivity index (χ4v) is 7.44. The Labute approximate surface area is 278 Å². The maximum atomic E-state index is 10.9. The minimum atomic E-state index is -1.26. The van der Waals surface area contributed by atoms with E-state index in [0.29, 0.717) is 12.2 Å². The van der Waals surface area contributed by atoms with E-state index in [0.717, 1.165) is 85.2 Å². The fraction of sp³-hybridized carbons (Fsp3) is 0.244. The van der Waals surface area contributed by atoms with E-state index in [9.17, 15) is 5.11 Å². The minimum absolute atomic E-state index is 0.101. The van der Waals surface area contributed by atoms with Gasteiger partial charge in [0.2, 0.25) is 0 Å². The van der Waals surface area contributed by atoms with Gasteiger partial charge < -0.3 is 10.1 Å². The monoisotopic (exact) mass is 634 g/mol. The fourth-order valence-electron chi connectivity index (χ4n) is 6.46. The van der Waals surface area contributed by atoms with Crippen LogP contribution in [-0.2, 0) is 0 Å². The number of fused-ring (bicyclic) bond motifs is 5. The van der Waals surface area contributed by atoms with Crippen molar-refractivity contribution in [1.29, 1.82) is 0 Å². The van der Waals surface area contributed by atoms with Gasteiger partial charge in [-0.05, 0) is 66.3 Å². The quantitative estimate of drug-likeness (QED) is 0.278. The summed E-state index contributed by atoms with van der Waals surface area (Å²) >= 11 is 0. The van der Waals surface area contributed by atoms with Gasteiger partial charge in [-0.1, -0.05) is 93.6 Å². The van der Waals surface area contributed by atoms with Gasteiger partial charge in [-0.25, -0.2) is 9.98 Å². The maximum absolute atomic E-state index is 10.9. The van der Waals surface area contributed by atoms with E-state index in [1.807, 2.05) is 12.1 Å². The summed E-state index contributed by atoms with van der Waals surface area (Å²) in [5, 5.41) is 12.8. The number of nitrogens with one attached hydrogen (secondary N) is 1. The minimum Gasteiger partial charge on any atom is -0.512 e. The molecule has 7 rings (SSSR count). The first kappa shape index (κ1) is 30.8. The first-order valence-electron chi connectivity index (χ1n) is 16.5. The number of aryl methyl sites for hydroxylation is 1. The lowest BCUT2D eigenvalue weighted by atomic mass is 9.85. The Hall–Kier alpha value is -4.81. The van der Waals surface area contributed by atoms with Crippen LogP contribution in [0.15, 0.2) is 123 Å². The summed E-state index contributed by atoms with van der Waals surface area (Å²) in [5.74, 6) is 0.458. The van der Waals surface area contributed by atoms with Gasteiger partial charge in [0, 0.05) is 65.5 Å². The Kier molecular flexibility index (Phi) is 7.72. The maximum Gasteiger partial charge on any atom is 0.0991 e. The average molecular weight is 635 g/mol. The highest BCUT2D eigenvalue weighted by atomic mass is 28.3. The number of aliphatic imine (C=N–C) groups is 3. The summed E-state index contributed by atoms with van der Waals surface area (Å²) in [6.45, 7) is 13.6. The van der Waals surface area contributed by atoms with E-state index in [1.54, 1.807) is 0 Å². The number of nitrogens with zero attached hydrogens (tertiary/aromatic N) is 3. The molecular weight excluding hydrogens is 593 g/mol. The lowest BCUT2D eigenvalue weighted by Gasteiger charge is -2.17. The van der Waals surface area contributed by atoms with Crippen LogP contribution in [0.1, 0.15) is 49.2 Å². The van der Waals surface area contributed by atoms with E-state index in [-0.39, 0.29) is 5.41 Å². The largest absolute Gasteiger partial charge is 0.512 e. The third kappa shape index (κ3) is 6.43. The van der Waals surface area contributed by atoms with Crippen LogP contribution in [0.2, 0.25) is 25.7 Å². The van der Waals surface area contributed by atoms with Crippen molar-refractivity contribution in [2.45, 2.75) is 59.3 Å². The number of allylic oxidation sites excluding steroid dienone is 7. The normalized spacial score (nSPS) is 18.3. The smallest absolute Gasteiger partial charge is 0.0991 e. The Morgan fingerprint density at radius 1 is 0.809 bits per heavy atom. The zero-order valence-electron chi connectivity index (χ0n) is 28.1. The van der Waals surface area contributed by atoms with Gasteiger partial charge in [-0.3, -0.25) is 4.99 Å². The van der Waals surface area contributed by atoms with Gasteiger partial charge in [-0.2, -0.15) is 0 Å². The summed E-state index contributed by atoms with van der Waals surface area (Å²) in [7, 11) is -1.26. The van der Waals surface area contributed by atoms with E-state index in [4.69, 9.17) is 15.0 Å². The average Bonchev–Trinajstić information content (AvgIpc) is 3.83. The van der Waals surface area contributed by atoms with Crippen molar-refractivity contribution < 1.29 is 5.11 Å². The summed E-state index contributed by atoms with van der Waals surface area (Å²) < 4.78 is 0. The van der Waals surface area contributed by atoms with Crippen LogP contribution in [0, 0.1) is 12.3 Å². The number of aliphatic hydroxyl groups is 1. The topological polar surface area (TPSA) is 73.1 Å². The Morgan fingerprint density at radius 3 is 2.28 bits per heavy atom. The number of aromatic nitrogens is 1. The molecule has 5 nitrogen and oxygen atoms in total. The molecule has 47 heavy (non-hydrogen) atoms. The molecule has 3 aromatic rings. The van der Waals surface area contributed by atoms with Crippen LogP contribution in [0.5, 0.6) is 0 Å². The highest BCUT2D eigenvalue weighted by Crippen LogP contribution is 2.38. The van der Waals surface area contributed by atoms with Gasteiger partial charge in [-0.15, -0.1) is 0 Å². The molecule has 0 amide bonds.